The van der Waals surface area contributed by atoms with Gasteiger partial charge in [0, 0.05) is 17.9 Å². The predicted molar refractivity (Wildman–Crippen MR) is 96.7 cm³/mol. The van der Waals surface area contributed by atoms with E-state index in [9.17, 15) is 9.59 Å². The molecule has 0 aliphatic carbocycles. The molecule has 2 heterocycles. The van der Waals surface area contributed by atoms with Crippen molar-refractivity contribution in [2.75, 3.05) is 11.9 Å². The van der Waals surface area contributed by atoms with Crippen LogP contribution >= 0.6 is 0 Å². The number of hydrogen-bond acceptors (Lipinski definition) is 3. The van der Waals surface area contributed by atoms with E-state index >= 15 is 0 Å². The number of nitrogens with zero attached hydrogens (tertiary/aromatic N) is 1. The first kappa shape index (κ1) is 17.2. The number of carbonyl (C=O) groups excluding carboxylic acids is 2. The summed E-state index contributed by atoms with van der Waals surface area (Å²) in [6, 6.07) is 5.89. The highest BCUT2D eigenvalue weighted by Gasteiger charge is 2.30. The number of amides is 2. The molecule has 1 aliphatic rings. The Labute approximate surface area is 147 Å². The predicted octanol–water partition coefficient (Wildman–Crippen LogP) is 2.52. The molecule has 6 nitrogen and oxygen atoms in total. The molecule has 0 spiro atoms. The van der Waals surface area contributed by atoms with Crippen LogP contribution in [0, 0.1) is 19.3 Å². The highest BCUT2D eigenvalue weighted by molar-refractivity contribution is 5.95. The summed E-state index contributed by atoms with van der Waals surface area (Å²) >= 11 is 0. The molecule has 25 heavy (non-hydrogen) atoms. The van der Waals surface area contributed by atoms with Gasteiger partial charge < -0.3 is 15.6 Å². The van der Waals surface area contributed by atoms with Gasteiger partial charge in [0.15, 0.2) is 0 Å². The number of rotatable bonds is 3. The normalized spacial score (nSPS) is 15.9. The van der Waals surface area contributed by atoms with E-state index in [1.807, 2.05) is 32.0 Å². The van der Waals surface area contributed by atoms with Crippen molar-refractivity contribution in [1.29, 1.82) is 0 Å². The summed E-state index contributed by atoms with van der Waals surface area (Å²) in [6.45, 7) is 8.77. The third kappa shape index (κ3) is 3.90. The van der Waals surface area contributed by atoms with Gasteiger partial charge in [0.1, 0.15) is 11.5 Å². The highest BCUT2D eigenvalue weighted by Crippen LogP contribution is 2.25. The Morgan fingerprint density at radius 3 is 2.80 bits per heavy atom. The van der Waals surface area contributed by atoms with Crippen molar-refractivity contribution in [1.82, 2.24) is 15.3 Å². The van der Waals surface area contributed by atoms with Gasteiger partial charge in [-0.25, -0.2) is 4.98 Å². The number of H-pyrrole nitrogens is 1. The molecule has 0 unspecified atom stereocenters. The monoisotopic (exact) mass is 340 g/mol. The van der Waals surface area contributed by atoms with Gasteiger partial charge in [-0.1, -0.05) is 31.5 Å². The van der Waals surface area contributed by atoms with E-state index in [1.54, 1.807) is 0 Å². The number of carbonyl (C=O) groups is 2. The lowest BCUT2D eigenvalue weighted by atomic mass is 9.88. The summed E-state index contributed by atoms with van der Waals surface area (Å²) in [5.74, 6) is 0.175. The number of hydrogen-bond donors (Lipinski definition) is 3. The molecule has 0 atom stereocenters. The zero-order valence-electron chi connectivity index (χ0n) is 15.1. The molecule has 132 valence electrons. The second-order valence-electron chi connectivity index (χ2n) is 7.58. The van der Waals surface area contributed by atoms with E-state index in [0.717, 1.165) is 22.5 Å². The van der Waals surface area contributed by atoms with Crippen LogP contribution in [0.25, 0.3) is 0 Å². The topological polar surface area (TPSA) is 86.9 Å². The SMILES string of the molecule is Cc1ccc(NC(=O)Cc2nc3c([nH]2)CC(C)(C)CNC3=O)c(C)c1. The minimum absolute atomic E-state index is 0.0496. The first-order valence-electron chi connectivity index (χ1n) is 8.46. The van der Waals surface area contributed by atoms with Gasteiger partial charge in [-0.15, -0.1) is 0 Å². The van der Waals surface area contributed by atoms with E-state index in [2.05, 4.69) is 34.4 Å². The Bertz CT molecular complexity index is 836. The van der Waals surface area contributed by atoms with Crippen molar-refractivity contribution < 1.29 is 9.59 Å². The maximum Gasteiger partial charge on any atom is 0.271 e. The van der Waals surface area contributed by atoms with Crippen molar-refractivity contribution >= 4 is 17.5 Å². The summed E-state index contributed by atoms with van der Waals surface area (Å²) in [7, 11) is 0. The average molecular weight is 340 g/mol. The summed E-state index contributed by atoms with van der Waals surface area (Å²) in [6.07, 6.45) is 0.820. The number of benzene rings is 1. The number of imidazole rings is 1. The summed E-state index contributed by atoms with van der Waals surface area (Å²) in [4.78, 5) is 32.0. The minimum Gasteiger partial charge on any atom is -0.350 e. The fourth-order valence-corrected chi connectivity index (χ4v) is 3.11. The number of aryl methyl sites for hydroxylation is 2. The van der Waals surface area contributed by atoms with Gasteiger partial charge in [0.2, 0.25) is 5.91 Å². The van der Waals surface area contributed by atoms with Crippen LogP contribution in [-0.2, 0) is 17.6 Å². The van der Waals surface area contributed by atoms with Crippen molar-refractivity contribution in [3.63, 3.8) is 0 Å². The first-order chi connectivity index (χ1) is 11.7. The van der Waals surface area contributed by atoms with Gasteiger partial charge in [-0.2, -0.15) is 0 Å². The van der Waals surface area contributed by atoms with Crippen molar-refractivity contribution in [3.8, 4) is 0 Å². The van der Waals surface area contributed by atoms with Gasteiger partial charge in [-0.05, 0) is 37.3 Å². The molecule has 2 amide bonds. The highest BCUT2D eigenvalue weighted by atomic mass is 16.2. The van der Waals surface area contributed by atoms with Crippen LogP contribution in [0.1, 0.15) is 47.0 Å². The minimum atomic E-state index is -0.183. The van der Waals surface area contributed by atoms with Gasteiger partial charge in [-0.3, -0.25) is 9.59 Å². The average Bonchev–Trinajstić information content (AvgIpc) is 2.85. The number of nitrogens with one attached hydrogen (secondary N) is 3. The zero-order valence-corrected chi connectivity index (χ0v) is 15.1. The second kappa shape index (κ2) is 6.35. The number of aromatic nitrogens is 2. The Hall–Kier alpha value is -2.63. The number of anilines is 1. The van der Waals surface area contributed by atoms with Gasteiger partial charge >= 0.3 is 0 Å². The van der Waals surface area contributed by atoms with Crippen LogP contribution in [0.3, 0.4) is 0 Å². The number of aromatic amines is 1. The molecule has 0 fully saturated rings. The molecular formula is C19H24N4O2. The Morgan fingerprint density at radius 1 is 1.32 bits per heavy atom. The molecule has 3 N–H and O–H groups in total. The lowest BCUT2D eigenvalue weighted by Gasteiger charge is -2.21. The quantitative estimate of drug-likeness (QED) is 0.802. The Kier molecular flexibility index (Phi) is 4.37. The van der Waals surface area contributed by atoms with Crippen LogP contribution in [0.5, 0.6) is 0 Å². The summed E-state index contributed by atoms with van der Waals surface area (Å²) in [5.41, 5.74) is 4.12. The first-order valence-corrected chi connectivity index (χ1v) is 8.46. The lowest BCUT2D eigenvalue weighted by molar-refractivity contribution is -0.115. The fraction of sp³-hybridized carbons (Fsp3) is 0.421. The fourth-order valence-electron chi connectivity index (χ4n) is 3.11. The van der Waals surface area contributed by atoms with E-state index in [-0.39, 0.29) is 23.7 Å². The standard InChI is InChI=1S/C19H24N4O2/c1-11-5-6-13(12(2)7-11)22-16(24)8-15-21-14-9-19(3,4)10-20-18(25)17(14)23-15/h5-7H,8-10H2,1-4H3,(H,20,25)(H,21,23)(H,22,24). The molecule has 2 aromatic rings. The molecule has 1 aromatic heterocycles. The summed E-state index contributed by atoms with van der Waals surface area (Å²) in [5, 5.41) is 5.79. The van der Waals surface area contributed by atoms with Crippen molar-refractivity contribution in [2.24, 2.45) is 5.41 Å². The van der Waals surface area contributed by atoms with Crippen LogP contribution < -0.4 is 10.6 Å². The van der Waals surface area contributed by atoms with Crippen molar-refractivity contribution in [2.45, 2.75) is 40.5 Å². The zero-order chi connectivity index (χ0) is 18.2. The molecule has 1 aromatic carbocycles. The van der Waals surface area contributed by atoms with E-state index in [0.29, 0.717) is 24.5 Å². The molecular weight excluding hydrogens is 316 g/mol. The number of fused-ring (bicyclic) bond motifs is 1. The third-order valence-electron chi connectivity index (χ3n) is 4.41. The second-order valence-corrected chi connectivity index (χ2v) is 7.58. The summed E-state index contributed by atoms with van der Waals surface area (Å²) < 4.78 is 0. The van der Waals surface area contributed by atoms with Crippen LogP contribution in [0.4, 0.5) is 5.69 Å². The molecule has 0 saturated carbocycles. The largest absolute Gasteiger partial charge is 0.350 e. The van der Waals surface area contributed by atoms with Crippen LogP contribution in [0.2, 0.25) is 0 Å². The molecule has 1 aliphatic heterocycles. The lowest BCUT2D eigenvalue weighted by Crippen LogP contribution is -2.32. The van der Waals surface area contributed by atoms with E-state index in [1.165, 1.54) is 0 Å². The third-order valence-corrected chi connectivity index (χ3v) is 4.41. The van der Waals surface area contributed by atoms with E-state index in [4.69, 9.17) is 0 Å². The molecule has 0 saturated heterocycles. The van der Waals surface area contributed by atoms with Gasteiger partial charge in [0.05, 0.1) is 6.42 Å². The van der Waals surface area contributed by atoms with Crippen LogP contribution in [-0.4, -0.2) is 28.3 Å². The van der Waals surface area contributed by atoms with Gasteiger partial charge in [0.25, 0.3) is 5.91 Å². The van der Waals surface area contributed by atoms with E-state index < -0.39 is 0 Å². The van der Waals surface area contributed by atoms with Crippen molar-refractivity contribution in [3.05, 3.63) is 46.5 Å². The molecule has 0 bridgehead atoms. The smallest absolute Gasteiger partial charge is 0.271 e. The molecule has 6 heteroatoms. The maximum atomic E-state index is 12.3. The Morgan fingerprint density at radius 2 is 2.08 bits per heavy atom. The Balaban J connectivity index is 1.74. The molecule has 0 radical (unpaired) electrons. The maximum absolute atomic E-state index is 12.3. The molecule has 3 rings (SSSR count). The van der Waals surface area contributed by atoms with Crippen LogP contribution in [0.15, 0.2) is 18.2 Å².